The Balaban J connectivity index is 2.19. The van der Waals surface area contributed by atoms with Crippen molar-refractivity contribution < 1.29 is 5.11 Å². The van der Waals surface area contributed by atoms with Crippen LogP contribution in [0.1, 0.15) is 72.1 Å². The molecule has 108 valence electrons. The molecular weight excluding hydrogens is 222 g/mol. The standard InChI is InChI=1S/C16H33NO/c1-4-6-7-15(5-2)12-17-13-16(18)10-8-14(3)9-11-16/h14-15,17-18H,4-13H2,1-3H3. The zero-order valence-electron chi connectivity index (χ0n) is 12.7. The number of rotatable bonds is 8. The molecule has 1 fully saturated rings. The van der Waals surface area contributed by atoms with Gasteiger partial charge in [-0.25, -0.2) is 0 Å². The number of unbranched alkanes of at least 4 members (excludes halogenated alkanes) is 1. The summed E-state index contributed by atoms with van der Waals surface area (Å²) >= 11 is 0. The summed E-state index contributed by atoms with van der Waals surface area (Å²) in [6, 6.07) is 0. The molecule has 0 amide bonds. The zero-order valence-corrected chi connectivity index (χ0v) is 12.7. The Bertz CT molecular complexity index is 209. The minimum absolute atomic E-state index is 0.421. The van der Waals surface area contributed by atoms with Crippen molar-refractivity contribution in [2.45, 2.75) is 77.7 Å². The summed E-state index contributed by atoms with van der Waals surface area (Å²) in [6.45, 7) is 8.70. The topological polar surface area (TPSA) is 32.3 Å². The van der Waals surface area contributed by atoms with Crippen molar-refractivity contribution >= 4 is 0 Å². The molecule has 1 aliphatic carbocycles. The van der Waals surface area contributed by atoms with E-state index in [2.05, 4.69) is 26.1 Å². The van der Waals surface area contributed by atoms with E-state index in [1.165, 1.54) is 38.5 Å². The van der Waals surface area contributed by atoms with E-state index >= 15 is 0 Å². The van der Waals surface area contributed by atoms with Crippen LogP contribution in [0, 0.1) is 11.8 Å². The van der Waals surface area contributed by atoms with Gasteiger partial charge in [-0.3, -0.25) is 0 Å². The average molecular weight is 255 g/mol. The average Bonchev–Trinajstić information content (AvgIpc) is 2.37. The molecule has 0 aliphatic heterocycles. The van der Waals surface area contributed by atoms with Gasteiger partial charge in [-0.1, -0.05) is 40.0 Å². The molecule has 1 saturated carbocycles. The van der Waals surface area contributed by atoms with Gasteiger partial charge in [0.1, 0.15) is 0 Å². The Hall–Kier alpha value is -0.0800. The van der Waals surface area contributed by atoms with Crippen LogP contribution in [0.25, 0.3) is 0 Å². The van der Waals surface area contributed by atoms with Crippen molar-refractivity contribution in [2.24, 2.45) is 11.8 Å². The van der Waals surface area contributed by atoms with Crippen LogP contribution in [0.3, 0.4) is 0 Å². The van der Waals surface area contributed by atoms with Gasteiger partial charge in [-0.05, 0) is 50.5 Å². The molecule has 1 atom stereocenters. The fraction of sp³-hybridized carbons (Fsp3) is 1.00. The van der Waals surface area contributed by atoms with Crippen LogP contribution in [-0.4, -0.2) is 23.8 Å². The maximum Gasteiger partial charge on any atom is 0.0771 e. The van der Waals surface area contributed by atoms with E-state index in [-0.39, 0.29) is 0 Å². The molecule has 2 heteroatoms. The molecule has 1 aliphatic rings. The first-order chi connectivity index (χ1) is 8.59. The van der Waals surface area contributed by atoms with Crippen LogP contribution in [0.2, 0.25) is 0 Å². The van der Waals surface area contributed by atoms with E-state index in [1.807, 2.05) is 0 Å². The van der Waals surface area contributed by atoms with E-state index in [0.717, 1.165) is 37.8 Å². The Morgan fingerprint density at radius 1 is 1.28 bits per heavy atom. The van der Waals surface area contributed by atoms with Crippen LogP contribution in [-0.2, 0) is 0 Å². The summed E-state index contributed by atoms with van der Waals surface area (Å²) < 4.78 is 0. The number of aliphatic hydroxyl groups is 1. The molecule has 0 heterocycles. The predicted molar refractivity (Wildman–Crippen MR) is 78.8 cm³/mol. The Kier molecular flexibility index (Phi) is 7.25. The van der Waals surface area contributed by atoms with E-state index in [4.69, 9.17) is 0 Å². The quantitative estimate of drug-likeness (QED) is 0.692. The minimum Gasteiger partial charge on any atom is -0.389 e. The van der Waals surface area contributed by atoms with Gasteiger partial charge < -0.3 is 10.4 Å². The van der Waals surface area contributed by atoms with Crippen molar-refractivity contribution in [3.8, 4) is 0 Å². The summed E-state index contributed by atoms with van der Waals surface area (Å²) in [7, 11) is 0. The lowest BCUT2D eigenvalue weighted by Gasteiger charge is -2.35. The van der Waals surface area contributed by atoms with Crippen molar-refractivity contribution in [1.29, 1.82) is 0 Å². The van der Waals surface area contributed by atoms with Crippen molar-refractivity contribution in [1.82, 2.24) is 5.32 Å². The van der Waals surface area contributed by atoms with Crippen molar-refractivity contribution in [2.75, 3.05) is 13.1 Å². The van der Waals surface area contributed by atoms with Gasteiger partial charge in [0, 0.05) is 6.54 Å². The van der Waals surface area contributed by atoms with Gasteiger partial charge in [-0.15, -0.1) is 0 Å². The van der Waals surface area contributed by atoms with Crippen molar-refractivity contribution in [3.63, 3.8) is 0 Å². The largest absolute Gasteiger partial charge is 0.389 e. The molecule has 0 aromatic rings. The Morgan fingerprint density at radius 3 is 2.50 bits per heavy atom. The third kappa shape index (κ3) is 5.71. The van der Waals surface area contributed by atoms with Crippen LogP contribution in [0.15, 0.2) is 0 Å². The highest BCUT2D eigenvalue weighted by molar-refractivity contribution is 4.86. The predicted octanol–water partition coefficient (Wildman–Crippen LogP) is 3.73. The number of hydrogen-bond acceptors (Lipinski definition) is 2. The first-order valence-electron chi connectivity index (χ1n) is 8.02. The molecular formula is C16H33NO. The molecule has 0 radical (unpaired) electrons. The van der Waals surface area contributed by atoms with Crippen LogP contribution >= 0.6 is 0 Å². The SMILES string of the molecule is CCCCC(CC)CNCC1(O)CCC(C)CC1. The first kappa shape index (κ1) is 16.0. The third-order valence-corrected chi connectivity index (χ3v) is 4.64. The number of nitrogens with one attached hydrogen (secondary N) is 1. The van der Waals surface area contributed by atoms with Crippen LogP contribution in [0.5, 0.6) is 0 Å². The second kappa shape index (κ2) is 8.16. The summed E-state index contributed by atoms with van der Waals surface area (Å²) in [5.74, 6) is 1.59. The number of hydrogen-bond donors (Lipinski definition) is 2. The summed E-state index contributed by atoms with van der Waals surface area (Å²) in [5.41, 5.74) is -0.421. The maximum atomic E-state index is 10.5. The second-order valence-electron chi connectivity index (χ2n) is 6.45. The molecule has 2 N–H and O–H groups in total. The van der Waals surface area contributed by atoms with Crippen LogP contribution < -0.4 is 5.32 Å². The Labute approximate surface area is 114 Å². The van der Waals surface area contributed by atoms with E-state index < -0.39 is 5.60 Å². The summed E-state index contributed by atoms with van der Waals surface area (Å²) in [6.07, 6.45) is 9.54. The lowest BCUT2D eigenvalue weighted by molar-refractivity contribution is -0.00669. The lowest BCUT2D eigenvalue weighted by Crippen LogP contribution is -2.44. The molecule has 0 aromatic carbocycles. The van der Waals surface area contributed by atoms with Crippen LogP contribution in [0.4, 0.5) is 0 Å². The highest BCUT2D eigenvalue weighted by atomic mass is 16.3. The van der Waals surface area contributed by atoms with Crippen molar-refractivity contribution in [3.05, 3.63) is 0 Å². The van der Waals surface area contributed by atoms with Gasteiger partial charge in [0.05, 0.1) is 5.60 Å². The van der Waals surface area contributed by atoms with E-state index in [0.29, 0.717) is 0 Å². The smallest absolute Gasteiger partial charge is 0.0771 e. The molecule has 1 unspecified atom stereocenters. The molecule has 0 spiro atoms. The molecule has 0 aromatic heterocycles. The molecule has 1 rings (SSSR count). The Morgan fingerprint density at radius 2 is 1.94 bits per heavy atom. The summed E-state index contributed by atoms with van der Waals surface area (Å²) in [4.78, 5) is 0. The lowest BCUT2D eigenvalue weighted by atomic mass is 9.79. The fourth-order valence-corrected chi connectivity index (χ4v) is 2.93. The first-order valence-corrected chi connectivity index (χ1v) is 8.02. The normalized spacial score (nSPS) is 30.3. The third-order valence-electron chi connectivity index (χ3n) is 4.64. The van der Waals surface area contributed by atoms with Gasteiger partial charge >= 0.3 is 0 Å². The van der Waals surface area contributed by atoms with Gasteiger partial charge in [-0.2, -0.15) is 0 Å². The highest BCUT2D eigenvalue weighted by Crippen LogP contribution is 2.31. The monoisotopic (exact) mass is 255 g/mol. The van der Waals surface area contributed by atoms with E-state index in [1.54, 1.807) is 0 Å². The zero-order chi connectivity index (χ0) is 13.4. The second-order valence-corrected chi connectivity index (χ2v) is 6.45. The molecule has 0 bridgehead atoms. The molecule has 2 nitrogen and oxygen atoms in total. The van der Waals surface area contributed by atoms with Gasteiger partial charge in [0.25, 0.3) is 0 Å². The maximum absolute atomic E-state index is 10.5. The molecule has 18 heavy (non-hydrogen) atoms. The fourth-order valence-electron chi connectivity index (χ4n) is 2.93. The highest BCUT2D eigenvalue weighted by Gasteiger charge is 2.31. The molecule has 0 saturated heterocycles. The van der Waals surface area contributed by atoms with Gasteiger partial charge in [0.15, 0.2) is 0 Å². The van der Waals surface area contributed by atoms with Gasteiger partial charge in [0.2, 0.25) is 0 Å². The summed E-state index contributed by atoms with van der Waals surface area (Å²) in [5, 5.41) is 14.0. The minimum atomic E-state index is -0.421. The van der Waals surface area contributed by atoms with E-state index in [9.17, 15) is 5.11 Å².